The summed E-state index contributed by atoms with van der Waals surface area (Å²) < 4.78 is 0. The van der Waals surface area contributed by atoms with Gasteiger partial charge in [-0.2, -0.15) is 0 Å². The van der Waals surface area contributed by atoms with E-state index >= 15 is 0 Å². The van der Waals surface area contributed by atoms with Crippen LogP contribution < -0.4 is 0 Å². The largest absolute Gasteiger partial charge is 0.0990 e. The van der Waals surface area contributed by atoms with Crippen molar-refractivity contribution in [2.75, 3.05) is 0 Å². The van der Waals surface area contributed by atoms with Crippen LogP contribution in [-0.2, 0) is 0 Å². The van der Waals surface area contributed by atoms with Crippen LogP contribution in [0.3, 0.4) is 0 Å². The fourth-order valence-corrected chi connectivity index (χ4v) is 1.77. The van der Waals surface area contributed by atoms with Crippen molar-refractivity contribution in [1.82, 2.24) is 0 Å². The first kappa shape index (κ1) is 12.3. The number of rotatable bonds is 5. The number of allylic oxidation sites excluding steroid dienone is 7. The zero-order valence-corrected chi connectivity index (χ0v) is 10.3. The second-order valence-corrected chi connectivity index (χ2v) is 4.46. The van der Waals surface area contributed by atoms with Crippen molar-refractivity contribution in [1.29, 1.82) is 0 Å². The van der Waals surface area contributed by atoms with E-state index in [0.717, 1.165) is 17.4 Å². The van der Waals surface area contributed by atoms with Gasteiger partial charge in [0.2, 0.25) is 0 Å². The average molecular weight is 223 g/mol. The van der Waals surface area contributed by atoms with Gasteiger partial charge in [-0.05, 0) is 56.3 Å². The second kappa shape index (κ2) is 5.97. The molecule has 0 spiro atoms. The first-order chi connectivity index (χ1) is 7.19. The molecule has 0 aliphatic heterocycles. The lowest BCUT2D eigenvalue weighted by molar-refractivity contribution is 0.829. The lowest BCUT2D eigenvalue weighted by Crippen LogP contribution is -1.88. The van der Waals surface area contributed by atoms with Crippen molar-refractivity contribution in [3.8, 4) is 0 Å². The van der Waals surface area contributed by atoms with Gasteiger partial charge in [-0.25, -0.2) is 0 Å². The second-order valence-electron chi connectivity index (χ2n) is 4.05. The molecule has 1 heteroatoms. The molecule has 0 nitrogen and oxygen atoms in total. The molecule has 0 N–H and O–H groups in total. The van der Waals surface area contributed by atoms with Gasteiger partial charge >= 0.3 is 0 Å². The van der Waals surface area contributed by atoms with Crippen LogP contribution in [0.25, 0.3) is 0 Å². The summed E-state index contributed by atoms with van der Waals surface area (Å²) in [6.45, 7) is 7.79. The van der Waals surface area contributed by atoms with E-state index in [0.29, 0.717) is 0 Å². The van der Waals surface area contributed by atoms with Gasteiger partial charge in [-0.15, -0.1) is 0 Å². The predicted octanol–water partition coefficient (Wildman–Crippen LogP) is 4.99. The molecule has 0 saturated heterocycles. The Morgan fingerprint density at radius 1 is 1.47 bits per heavy atom. The maximum atomic E-state index is 6.16. The van der Waals surface area contributed by atoms with E-state index in [2.05, 4.69) is 25.7 Å². The maximum Gasteiger partial charge on any atom is 0.0437 e. The molecule has 0 aromatic carbocycles. The van der Waals surface area contributed by atoms with Gasteiger partial charge < -0.3 is 0 Å². The summed E-state index contributed by atoms with van der Waals surface area (Å²) >= 11 is 6.16. The highest BCUT2D eigenvalue weighted by molar-refractivity contribution is 6.32. The molecule has 0 radical (unpaired) electrons. The monoisotopic (exact) mass is 222 g/mol. The smallest absolute Gasteiger partial charge is 0.0437 e. The number of halogens is 1. The first-order valence-corrected chi connectivity index (χ1v) is 5.87. The minimum Gasteiger partial charge on any atom is -0.0990 e. The number of hydrogen-bond donors (Lipinski definition) is 0. The Morgan fingerprint density at radius 3 is 2.60 bits per heavy atom. The fourth-order valence-electron chi connectivity index (χ4n) is 1.56. The molecule has 1 rings (SSSR count). The van der Waals surface area contributed by atoms with Crippen LogP contribution in [0.4, 0.5) is 0 Å². The Bertz CT molecular complexity index is 314. The Hall–Kier alpha value is -0.750. The molecule has 0 unspecified atom stereocenters. The lowest BCUT2D eigenvalue weighted by atomic mass is 10.0. The Kier molecular flexibility index (Phi) is 4.90. The summed E-state index contributed by atoms with van der Waals surface area (Å²) in [7, 11) is 0. The Morgan fingerprint density at radius 2 is 2.13 bits per heavy atom. The van der Waals surface area contributed by atoms with Crippen molar-refractivity contribution in [2.45, 2.75) is 33.1 Å². The van der Waals surface area contributed by atoms with Gasteiger partial charge in [0.05, 0.1) is 0 Å². The molecular formula is C14H19Cl. The van der Waals surface area contributed by atoms with E-state index in [1.165, 1.54) is 24.0 Å². The van der Waals surface area contributed by atoms with Crippen molar-refractivity contribution in [2.24, 2.45) is 5.92 Å². The van der Waals surface area contributed by atoms with Gasteiger partial charge in [-0.1, -0.05) is 36.4 Å². The van der Waals surface area contributed by atoms with Crippen LogP contribution in [0.15, 0.2) is 47.1 Å². The zero-order chi connectivity index (χ0) is 11.3. The molecule has 0 atom stereocenters. The Labute approximate surface area is 98.0 Å². The van der Waals surface area contributed by atoms with E-state index in [4.69, 9.17) is 11.6 Å². The van der Waals surface area contributed by atoms with E-state index in [9.17, 15) is 0 Å². The summed E-state index contributed by atoms with van der Waals surface area (Å²) in [6.07, 6.45) is 11.8. The predicted molar refractivity (Wildman–Crippen MR) is 69.0 cm³/mol. The van der Waals surface area contributed by atoms with Crippen LogP contribution in [-0.4, -0.2) is 0 Å². The van der Waals surface area contributed by atoms with Crippen LogP contribution in [0.5, 0.6) is 0 Å². The third kappa shape index (κ3) is 4.09. The molecule has 1 saturated carbocycles. The van der Waals surface area contributed by atoms with Crippen LogP contribution in [0.1, 0.15) is 33.1 Å². The first-order valence-electron chi connectivity index (χ1n) is 5.50. The third-order valence-electron chi connectivity index (χ3n) is 2.68. The van der Waals surface area contributed by atoms with Gasteiger partial charge in [0, 0.05) is 5.03 Å². The van der Waals surface area contributed by atoms with Crippen molar-refractivity contribution in [3.63, 3.8) is 0 Å². The molecule has 15 heavy (non-hydrogen) atoms. The zero-order valence-electron chi connectivity index (χ0n) is 9.59. The molecule has 0 bridgehead atoms. The summed E-state index contributed by atoms with van der Waals surface area (Å²) in [5.74, 6) is 0.888. The highest BCUT2D eigenvalue weighted by atomic mass is 35.5. The molecule has 0 aromatic rings. The lowest BCUT2D eigenvalue weighted by Gasteiger charge is -2.07. The standard InChI is InChI=1S/C14H19Cl/c1-4-6-13(10-12-8-9-12)11(3)14(15)7-5-2/h4-7,12H,2,8-10H2,1,3H3/b6-4-,13-11+,14-7-. The van der Waals surface area contributed by atoms with E-state index in [-0.39, 0.29) is 0 Å². The van der Waals surface area contributed by atoms with Crippen LogP contribution in [0.2, 0.25) is 0 Å². The van der Waals surface area contributed by atoms with E-state index in [1.54, 1.807) is 6.08 Å². The van der Waals surface area contributed by atoms with E-state index < -0.39 is 0 Å². The van der Waals surface area contributed by atoms with Gasteiger partial charge in [0.15, 0.2) is 0 Å². The fraction of sp³-hybridized carbons (Fsp3) is 0.429. The van der Waals surface area contributed by atoms with Crippen molar-refractivity contribution in [3.05, 3.63) is 47.1 Å². The van der Waals surface area contributed by atoms with Crippen molar-refractivity contribution >= 4 is 11.6 Å². The highest BCUT2D eigenvalue weighted by Gasteiger charge is 2.22. The summed E-state index contributed by atoms with van der Waals surface area (Å²) in [5.41, 5.74) is 2.55. The molecule has 0 amide bonds. The van der Waals surface area contributed by atoms with Gasteiger partial charge in [0.25, 0.3) is 0 Å². The van der Waals surface area contributed by atoms with Gasteiger partial charge in [0.1, 0.15) is 0 Å². The van der Waals surface area contributed by atoms with E-state index in [1.807, 2.05) is 13.0 Å². The third-order valence-corrected chi connectivity index (χ3v) is 3.09. The molecule has 0 aromatic heterocycles. The van der Waals surface area contributed by atoms with Crippen molar-refractivity contribution < 1.29 is 0 Å². The summed E-state index contributed by atoms with van der Waals surface area (Å²) in [5, 5.41) is 0.804. The Balaban J connectivity index is 2.85. The van der Waals surface area contributed by atoms with Crippen LogP contribution >= 0.6 is 11.6 Å². The average Bonchev–Trinajstić information content (AvgIpc) is 3.00. The molecular weight excluding hydrogens is 204 g/mol. The normalized spacial score (nSPS) is 19.3. The number of hydrogen-bond acceptors (Lipinski definition) is 0. The van der Waals surface area contributed by atoms with Gasteiger partial charge in [-0.3, -0.25) is 0 Å². The topological polar surface area (TPSA) is 0 Å². The quantitative estimate of drug-likeness (QED) is 0.575. The molecule has 1 fully saturated rings. The highest BCUT2D eigenvalue weighted by Crippen LogP contribution is 2.37. The summed E-state index contributed by atoms with van der Waals surface area (Å²) in [4.78, 5) is 0. The minimum atomic E-state index is 0.804. The molecule has 82 valence electrons. The maximum absolute atomic E-state index is 6.16. The minimum absolute atomic E-state index is 0.804. The molecule has 1 aliphatic rings. The molecule has 1 aliphatic carbocycles. The SMILES string of the molecule is C=C/C=C(Cl)/C(C)=C(\C=C/C)CC1CC1. The van der Waals surface area contributed by atoms with Crippen LogP contribution in [0, 0.1) is 5.92 Å². The molecule has 0 heterocycles. The summed E-state index contributed by atoms with van der Waals surface area (Å²) in [6, 6.07) is 0.